The number of benzene rings is 2. The van der Waals surface area contributed by atoms with Gasteiger partial charge in [0.15, 0.2) is 11.5 Å². The summed E-state index contributed by atoms with van der Waals surface area (Å²) in [5, 5.41) is 0. The summed E-state index contributed by atoms with van der Waals surface area (Å²) in [5.41, 5.74) is 1.73. The van der Waals surface area contributed by atoms with Crippen molar-refractivity contribution >= 4 is 11.6 Å². The van der Waals surface area contributed by atoms with Crippen molar-refractivity contribution in [2.75, 3.05) is 45.3 Å². The summed E-state index contributed by atoms with van der Waals surface area (Å²) < 4.78 is 16.4. The van der Waals surface area contributed by atoms with E-state index in [-0.39, 0.29) is 12.0 Å². The maximum Gasteiger partial charge on any atom is 0.254 e. The third-order valence-corrected chi connectivity index (χ3v) is 4.76. The number of anilines is 1. The van der Waals surface area contributed by atoms with Crippen molar-refractivity contribution in [3.63, 3.8) is 0 Å². The molecule has 6 nitrogen and oxygen atoms in total. The van der Waals surface area contributed by atoms with E-state index in [1.165, 1.54) is 0 Å². The highest BCUT2D eigenvalue weighted by Crippen LogP contribution is 2.30. The summed E-state index contributed by atoms with van der Waals surface area (Å²) in [6, 6.07) is 13.4. The van der Waals surface area contributed by atoms with Crippen LogP contribution in [0, 0.1) is 0 Å². The van der Waals surface area contributed by atoms with Gasteiger partial charge in [-0.05, 0) is 44.2 Å². The zero-order valence-corrected chi connectivity index (χ0v) is 17.0. The Morgan fingerprint density at radius 2 is 1.68 bits per heavy atom. The third-order valence-electron chi connectivity index (χ3n) is 4.76. The SMILES string of the molecule is COc1cccc(N2CCN(C(=O)c3ccc(OC(C)C)c(OC)c3)CC2)c1. The van der Waals surface area contributed by atoms with E-state index in [0.29, 0.717) is 30.2 Å². The second-order valence-corrected chi connectivity index (χ2v) is 7.01. The monoisotopic (exact) mass is 384 g/mol. The van der Waals surface area contributed by atoms with Gasteiger partial charge in [-0.1, -0.05) is 6.07 Å². The predicted octanol–water partition coefficient (Wildman–Crippen LogP) is 3.45. The Hall–Kier alpha value is -2.89. The molecule has 28 heavy (non-hydrogen) atoms. The topological polar surface area (TPSA) is 51.2 Å². The van der Waals surface area contributed by atoms with Crippen molar-refractivity contribution in [3.8, 4) is 17.2 Å². The third kappa shape index (κ3) is 4.50. The molecule has 0 aromatic heterocycles. The summed E-state index contributed by atoms with van der Waals surface area (Å²) in [5.74, 6) is 2.08. The Balaban J connectivity index is 1.66. The van der Waals surface area contributed by atoms with Crippen molar-refractivity contribution in [3.05, 3.63) is 48.0 Å². The van der Waals surface area contributed by atoms with Crippen molar-refractivity contribution in [1.82, 2.24) is 4.90 Å². The number of carbonyl (C=O) groups excluding carboxylic acids is 1. The van der Waals surface area contributed by atoms with Crippen molar-refractivity contribution in [2.24, 2.45) is 0 Å². The molecular weight excluding hydrogens is 356 g/mol. The molecule has 150 valence electrons. The Morgan fingerprint density at radius 3 is 2.32 bits per heavy atom. The van der Waals surface area contributed by atoms with Crippen LogP contribution in [-0.4, -0.2) is 57.3 Å². The molecule has 3 rings (SSSR count). The molecule has 6 heteroatoms. The zero-order chi connectivity index (χ0) is 20.1. The Kier molecular flexibility index (Phi) is 6.29. The van der Waals surface area contributed by atoms with Gasteiger partial charge in [0.25, 0.3) is 5.91 Å². The van der Waals surface area contributed by atoms with E-state index < -0.39 is 0 Å². The molecule has 1 amide bonds. The lowest BCUT2D eigenvalue weighted by atomic mass is 10.1. The van der Waals surface area contributed by atoms with Gasteiger partial charge in [-0.25, -0.2) is 0 Å². The van der Waals surface area contributed by atoms with Crippen LogP contribution in [0.4, 0.5) is 5.69 Å². The maximum absolute atomic E-state index is 12.9. The largest absolute Gasteiger partial charge is 0.497 e. The fourth-order valence-corrected chi connectivity index (χ4v) is 3.31. The molecule has 0 aliphatic carbocycles. The number of piperazine rings is 1. The van der Waals surface area contributed by atoms with Crippen LogP contribution >= 0.6 is 0 Å². The molecule has 2 aromatic carbocycles. The second-order valence-electron chi connectivity index (χ2n) is 7.01. The summed E-state index contributed by atoms with van der Waals surface area (Å²) in [6.45, 7) is 6.82. The Morgan fingerprint density at radius 1 is 0.929 bits per heavy atom. The molecule has 0 bridgehead atoms. The molecular formula is C22H28N2O4. The molecule has 1 heterocycles. The number of carbonyl (C=O) groups is 1. The minimum Gasteiger partial charge on any atom is -0.497 e. The highest BCUT2D eigenvalue weighted by Gasteiger charge is 2.23. The number of hydrogen-bond acceptors (Lipinski definition) is 5. The molecule has 1 aliphatic heterocycles. The number of nitrogens with zero attached hydrogens (tertiary/aromatic N) is 2. The highest BCUT2D eigenvalue weighted by atomic mass is 16.5. The number of hydrogen-bond donors (Lipinski definition) is 0. The minimum absolute atomic E-state index is 0.0136. The van der Waals surface area contributed by atoms with Crippen LogP contribution in [0.2, 0.25) is 0 Å². The summed E-state index contributed by atoms with van der Waals surface area (Å²) in [6.07, 6.45) is 0.0418. The lowest BCUT2D eigenvalue weighted by molar-refractivity contribution is 0.0746. The first-order chi connectivity index (χ1) is 13.5. The van der Waals surface area contributed by atoms with Crippen molar-refractivity contribution in [2.45, 2.75) is 20.0 Å². The van der Waals surface area contributed by atoms with Gasteiger partial charge in [-0.3, -0.25) is 4.79 Å². The average molecular weight is 384 g/mol. The van der Waals surface area contributed by atoms with E-state index >= 15 is 0 Å². The number of ether oxygens (including phenoxy) is 3. The minimum atomic E-state index is 0.0136. The quantitative estimate of drug-likeness (QED) is 0.764. The van der Waals surface area contributed by atoms with Gasteiger partial charge in [-0.15, -0.1) is 0 Å². The summed E-state index contributed by atoms with van der Waals surface area (Å²) in [4.78, 5) is 17.1. The number of rotatable bonds is 6. The van der Waals surface area contributed by atoms with Crippen LogP contribution in [0.3, 0.4) is 0 Å². The first kappa shape index (κ1) is 19.9. The van der Waals surface area contributed by atoms with Gasteiger partial charge >= 0.3 is 0 Å². The van der Waals surface area contributed by atoms with Crippen LogP contribution in [-0.2, 0) is 0 Å². The molecule has 1 fully saturated rings. The van der Waals surface area contributed by atoms with Crippen molar-refractivity contribution < 1.29 is 19.0 Å². The average Bonchev–Trinajstić information content (AvgIpc) is 2.73. The molecule has 1 saturated heterocycles. The van der Waals surface area contributed by atoms with Gasteiger partial charge < -0.3 is 24.0 Å². The Bertz CT molecular complexity index is 814. The van der Waals surface area contributed by atoms with Gasteiger partial charge in [-0.2, -0.15) is 0 Å². The predicted molar refractivity (Wildman–Crippen MR) is 110 cm³/mol. The fraction of sp³-hybridized carbons (Fsp3) is 0.409. The van der Waals surface area contributed by atoms with E-state index in [1.54, 1.807) is 32.4 Å². The molecule has 0 unspecified atom stereocenters. The van der Waals surface area contributed by atoms with Crippen molar-refractivity contribution in [1.29, 1.82) is 0 Å². The number of amides is 1. The van der Waals surface area contributed by atoms with Gasteiger partial charge in [0.05, 0.1) is 20.3 Å². The molecule has 0 N–H and O–H groups in total. The smallest absolute Gasteiger partial charge is 0.254 e. The van der Waals surface area contributed by atoms with Gasteiger partial charge in [0, 0.05) is 43.5 Å². The van der Waals surface area contributed by atoms with E-state index in [0.717, 1.165) is 24.5 Å². The first-order valence-electron chi connectivity index (χ1n) is 9.54. The maximum atomic E-state index is 12.9. The lowest BCUT2D eigenvalue weighted by Crippen LogP contribution is -2.48. The highest BCUT2D eigenvalue weighted by molar-refractivity contribution is 5.95. The molecule has 1 aliphatic rings. The van der Waals surface area contributed by atoms with Crippen LogP contribution in [0.1, 0.15) is 24.2 Å². The first-order valence-corrected chi connectivity index (χ1v) is 9.54. The fourth-order valence-electron chi connectivity index (χ4n) is 3.31. The van der Waals surface area contributed by atoms with Gasteiger partial charge in [0.2, 0.25) is 0 Å². The number of methoxy groups -OCH3 is 2. The molecule has 0 atom stereocenters. The molecule has 0 radical (unpaired) electrons. The normalized spacial score (nSPS) is 14.2. The van der Waals surface area contributed by atoms with Gasteiger partial charge in [0.1, 0.15) is 5.75 Å². The van der Waals surface area contributed by atoms with E-state index in [1.807, 2.05) is 36.9 Å². The second kappa shape index (κ2) is 8.87. The van der Waals surface area contributed by atoms with Crippen LogP contribution in [0.5, 0.6) is 17.2 Å². The van der Waals surface area contributed by atoms with Crippen LogP contribution in [0.25, 0.3) is 0 Å². The van der Waals surface area contributed by atoms with Crippen LogP contribution in [0.15, 0.2) is 42.5 Å². The van der Waals surface area contributed by atoms with Crippen LogP contribution < -0.4 is 19.1 Å². The van der Waals surface area contributed by atoms with E-state index in [9.17, 15) is 4.79 Å². The molecule has 0 saturated carbocycles. The summed E-state index contributed by atoms with van der Waals surface area (Å²) in [7, 11) is 3.26. The molecule has 2 aromatic rings. The van der Waals surface area contributed by atoms with E-state index in [2.05, 4.69) is 11.0 Å². The van der Waals surface area contributed by atoms with E-state index in [4.69, 9.17) is 14.2 Å². The standard InChI is InChI=1S/C22H28N2O4/c1-16(2)28-20-9-8-17(14-21(20)27-4)22(25)24-12-10-23(11-13-24)18-6-5-7-19(15-18)26-3/h5-9,14-16H,10-13H2,1-4H3. The zero-order valence-electron chi connectivity index (χ0n) is 17.0. The molecule has 0 spiro atoms. The lowest BCUT2D eigenvalue weighted by Gasteiger charge is -2.36. The Labute approximate surface area is 166 Å². The summed E-state index contributed by atoms with van der Waals surface area (Å²) >= 11 is 0.